The first-order valence-corrected chi connectivity index (χ1v) is 8.65. The molecule has 4 nitrogen and oxygen atoms in total. The lowest BCUT2D eigenvalue weighted by Gasteiger charge is -2.14. The Morgan fingerprint density at radius 2 is 1.92 bits per heavy atom. The highest BCUT2D eigenvalue weighted by Crippen LogP contribution is 2.28. The van der Waals surface area contributed by atoms with E-state index in [9.17, 15) is 9.90 Å². The van der Waals surface area contributed by atoms with E-state index in [1.165, 1.54) is 5.56 Å². The summed E-state index contributed by atoms with van der Waals surface area (Å²) in [6, 6.07) is 9.71. The van der Waals surface area contributed by atoms with Crippen LogP contribution in [0, 0.1) is 20.8 Å². The van der Waals surface area contributed by atoms with E-state index >= 15 is 0 Å². The van der Waals surface area contributed by atoms with Crippen LogP contribution in [-0.4, -0.2) is 24.2 Å². The predicted molar refractivity (Wildman–Crippen MR) is 100 cm³/mol. The Morgan fingerprint density at radius 3 is 2.62 bits per heavy atom. The van der Waals surface area contributed by atoms with Crippen molar-refractivity contribution < 1.29 is 14.6 Å². The second-order valence-electron chi connectivity index (χ2n) is 5.87. The van der Waals surface area contributed by atoms with Gasteiger partial charge in [0, 0.05) is 11.0 Å². The van der Waals surface area contributed by atoms with E-state index in [0.717, 1.165) is 27.8 Å². The predicted octanol–water partition coefficient (Wildman–Crippen LogP) is 4.95. The van der Waals surface area contributed by atoms with Crippen molar-refractivity contribution in [3.8, 4) is 5.75 Å². The summed E-state index contributed by atoms with van der Waals surface area (Å²) in [7, 11) is 0. The Balaban J connectivity index is 1.91. The number of halogens is 1. The van der Waals surface area contributed by atoms with Crippen molar-refractivity contribution in [1.29, 1.82) is 0 Å². The van der Waals surface area contributed by atoms with Crippen LogP contribution < -0.4 is 10.1 Å². The van der Waals surface area contributed by atoms with Crippen LogP contribution in [0.3, 0.4) is 0 Å². The minimum Gasteiger partial charge on any atom is -0.493 e. The van der Waals surface area contributed by atoms with E-state index in [0.29, 0.717) is 18.8 Å². The number of benzene rings is 2. The number of ether oxygens (including phenoxy) is 1. The summed E-state index contributed by atoms with van der Waals surface area (Å²) in [5, 5.41) is 12.5. The minimum atomic E-state index is -0.937. The van der Waals surface area contributed by atoms with E-state index in [4.69, 9.17) is 4.74 Å². The van der Waals surface area contributed by atoms with Crippen molar-refractivity contribution in [3.05, 3.63) is 57.1 Å². The smallest absolute Gasteiger partial charge is 0.337 e. The van der Waals surface area contributed by atoms with Crippen LogP contribution in [0.25, 0.3) is 0 Å². The number of hydrogen-bond acceptors (Lipinski definition) is 3. The summed E-state index contributed by atoms with van der Waals surface area (Å²) < 4.78 is 6.57. The molecule has 5 heteroatoms. The number of aromatic carboxylic acids is 1. The van der Waals surface area contributed by atoms with Crippen molar-refractivity contribution in [1.82, 2.24) is 0 Å². The van der Waals surface area contributed by atoms with E-state index in [1.54, 1.807) is 6.07 Å². The molecule has 0 aliphatic heterocycles. The van der Waals surface area contributed by atoms with Crippen molar-refractivity contribution in [2.24, 2.45) is 0 Å². The zero-order valence-corrected chi connectivity index (χ0v) is 15.7. The first-order chi connectivity index (χ1) is 11.4. The third-order valence-electron chi connectivity index (χ3n) is 3.69. The topological polar surface area (TPSA) is 58.6 Å². The largest absolute Gasteiger partial charge is 0.493 e. The zero-order chi connectivity index (χ0) is 17.7. The lowest BCUT2D eigenvalue weighted by molar-refractivity contribution is 0.0697. The fourth-order valence-electron chi connectivity index (χ4n) is 2.42. The molecule has 0 radical (unpaired) electrons. The molecule has 0 unspecified atom stereocenters. The van der Waals surface area contributed by atoms with Gasteiger partial charge in [-0.25, -0.2) is 4.79 Å². The molecule has 2 aromatic rings. The van der Waals surface area contributed by atoms with Crippen LogP contribution in [0.1, 0.15) is 33.5 Å². The summed E-state index contributed by atoms with van der Waals surface area (Å²) in [6.07, 6.45) is 0.771. The molecule has 0 saturated carbocycles. The fraction of sp³-hybridized carbons (Fsp3) is 0.316. The second-order valence-corrected chi connectivity index (χ2v) is 6.73. The molecule has 2 rings (SSSR count). The number of aryl methyl sites for hydroxylation is 3. The van der Waals surface area contributed by atoms with Crippen LogP contribution in [0.4, 0.5) is 5.69 Å². The maximum atomic E-state index is 11.4. The lowest BCUT2D eigenvalue weighted by Crippen LogP contribution is -2.11. The number of anilines is 1. The number of hydrogen-bond donors (Lipinski definition) is 2. The van der Waals surface area contributed by atoms with Crippen molar-refractivity contribution in [2.45, 2.75) is 27.2 Å². The molecular weight excluding hydrogens is 370 g/mol. The van der Waals surface area contributed by atoms with Crippen LogP contribution >= 0.6 is 15.9 Å². The second kappa shape index (κ2) is 8.20. The van der Waals surface area contributed by atoms with Gasteiger partial charge in [0.1, 0.15) is 5.75 Å². The van der Waals surface area contributed by atoms with E-state index < -0.39 is 5.97 Å². The van der Waals surface area contributed by atoms with Gasteiger partial charge in [-0.1, -0.05) is 12.1 Å². The number of carbonyl (C=O) groups is 1. The fourth-order valence-corrected chi connectivity index (χ4v) is 3.14. The third kappa shape index (κ3) is 4.74. The molecule has 0 bridgehead atoms. The highest BCUT2D eigenvalue weighted by atomic mass is 79.9. The Morgan fingerprint density at radius 1 is 1.17 bits per heavy atom. The molecule has 24 heavy (non-hydrogen) atoms. The van der Waals surface area contributed by atoms with Gasteiger partial charge >= 0.3 is 5.97 Å². The normalized spacial score (nSPS) is 10.5. The molecule has 0 saturated heterocycles. The number of carboxylic acids is 1. The Kier molecular flexibility index (Phi) is 6.26. The molecule has 0 aromatic heterocycles. The van der Waals surface area contributed by atoms with Crippen LogP contribution in [0.15, 0.2) is 34.8 Å². The van der Waals surface area contributed by atoms with Crippen molar-refractivity contribution in [3.63, 3.8) is 0 Å². The molecule has 128 valence electrons. The van der Waals surface area contributed by atoms with Crippen LogP contribution in [-0.2, 0) is 0 Å². The van der Waals surface area contributed by atoms with E-state index in [2.05, 4.69) is 27.3 Å². The highest BCUT2D eigenvalue weighted by Gasteiger charge is 2.13. The van der Waals surface area contributed by atoms with Gasteiger partial charge in [0.2, 0.25) is 0 Å². The monoisotopic (exact) mass is 391 g/mol. The summed E-state index contributed by atoms with van der Waals surface area (Å²) in [6.45, 7) is 7.14. The molecule has 0 atom stereocenters. The molecule has 0 heterocycles. The third-order valence-corrected chi connectivity index (χ3v) is 4.31. The molecule has 0 spiro atoms. The van der Waals surface area contributed by atoms with Gasteiger partial charge < -0.3 is 15.2 Å². The number of nitrogens with one attached hydrogen (secondary N) is 1. The summed E-state index contributed by atoms with van der Waals surface area (Å²) >= 11 is 3.43. The molecular formula is C19H22BrNO3. The Hall–Kier alpha value is -2.01. The molecule has 0 aliphatic carbocycles. The zero-order valence-electron chi connectivity index (χ0n) is 14.1. The lowest BCUT2D eigenvalue weighted by atomic mass is 10.1. The molecule has 2 N–H and O–H groups in total. The van der Waals surface area contributed by atoms with Crippen LogP contribution in [0.5, 0.6) is 5.75 Å². The summed E-state index contributed by atoms with van der Waals surface area (Å²) in [5.41, 5.74) is 4.08. The molecule has 0 fully saturated rings. The highest BCUT2D eigenvalue weighted by molar-refractivity contribution is 9.10. The van der Waals surface area contributed by atoms with Crippen molar-refractivity contribution in [2.75, 3.05) is 18.5 Å². The van der Waals surface area contributed by atoms with Gasteiger partial charge in [0.15, 0.2) is 0 Å². The quantitative estimate of drug-likeness (QED) is 0.655. The molecule has 0 amide bonds. The maximum absolute atomic E-state index is 11.4. The van der Waals surface area contributed by atoms with Gasteiger partial charge in [0.25, 0.3) is 0 Å². The average molecular weight is 392 g/mol. The van der Waals surface area contributed by atoms with Gasteiger partial charge in [0.05, 0.1) is 17.9 Å². The maximum Gasteiger partial charge on any atom is 0.337 e. The molecule has 2 aromatic carbocycles. The van der Waals surface area contributed by atoms with Gasteiger partial charge in [-0.15, -0.1) is 0 Å². The SMILES string of the molecule is Cc1ccc(C)c(OCCCNc2c(Br)cc(C)cc2C(=O)O)c1. The van der Waals surface area contributed by atoms with E-state index in [1.807, 2.05) is 39.0 Å². The number of carboxylic acid groups (broad SMARTS) is 1. The first kappa shape index (κ1) is 18.3. The van der Waals surface area contributed by atoms with Gasteiger partial charge in [-0.05, 0) is 78.0 Å². The van der Waals surface area contributed by atoms with Gasteiger partial charge in [-0.3, -0.25) is 0 Å². The number of rotatable bonds is 7. The van der Waals surface area contributed by atoms with Gasteiger partial charge in [-0.2, -0.15) is 0 Å². The summed E-state index contributed by atoms with van der Waals surface area (Å²) in [4.78, 5) is 11.4. The average Bonchev–Trinajstić information content (AvgIpc) is 2.51. The summed E-state index contributed by atoms with van der Waals surface area (Å²) in [5.74, 6) is -0.0359. The van der Waals surface area contributed by atoms with Crippen LogP contribution in [0.2, 0.25) is 0 Å². The van der Waals surface area contributed by atoms with E-state index in [-0.39, 0.29) is 5.56 Å². The Bertz CT molecular complexity index is 744. The molecule has 0 aliphatic rings. The first-order valence-electron chi connectivity index (χ1n) is 7.86. The van der Waals surface area contributed by atoms with Crippen molar-refractivity contribution >= 4 is 27.6 Å². The Labute approximate surface area is 151 Å². The standard InChI is InChI=1S/C19H22BrNO3/c1-12-5-6-14(3)17(11-12)24-8-4-7-21-18-15(19(22)23)9-13(2)10-16(18)20/h5-6,9-11,21H,4,7-8H2,1-3H3,(H,22,23). The minimum absolute atomic E-state index is 0.275.